The van der Waals surface area contributed by atoms with Crippen molar-refractivity contribution in [2.45, 2.75) is 22.8 Å². The van der Waals surface area contributed by atoms with Crippen LogP contribution in [0.3, 0.4) is 0 Å². The van der Waals surface area contributed by atoms with Gasteiger partial charge in [-0.2, -0.15) is 0 Å². The first-order valence-corrected chi connectivity index (χ1v) is 11.1. The van der Waals surface area contributed by atoms with Gasteiger partial charge < -0.3 is 15.8 Å². The van der Waals surface area contributed by atoms with Gasteiger partial charge in [-0.1, -0.05) is 12.1 Å². The van der Waals surface area contributed by atoms with Crippen LogP contribution in [0.1, 0.15) is 17.3 Å². The topological polar surface area (TPSA) is 128 Å². The van der Waals surface area contributed by atoms with Crippen LogP contribution in [0.25, 0.3) is 0 Å². The van der Waals surface area contributed by atoms with Crippen LogP contribution in [-0.4, -0.2) is 45.7 Å². The highest BCUT2D eigenvalue weighted by Gasteiger charge is 2.18. The normalized spacial score (nSPS) is 12.3. The van der Waals surface area contributed by atoms with Crippen LogP contribution in [0.4, 0.5) is 5.69 Å². The molecule has 156 valence electrons. The van der Waals surface area contributed by atoms with E-state index in [-0.39, 0.29) is 29.2 Å². The molecule has 1 atom stereocenters. The van der Waals surface area contributed by atoms with Crippen molar-refractivity contribution in [3.63, 3.8) is 0 Å². The predicted octanol–water partition coefficient (Wildman–Crippen LogP) is 1.83. The van der Waals surface area contributed by atoms with Crippen LogP contribution in [0.15, 0.2) is 58.3 Å². The Morgan fingerprint density at radius 2 is 1.79 bits per heavy atom. The minimum Gasteiger partial charge on any atom is -0.383 e. The van der Waals surface area contributed by atoms with E-state index in [9.17, 15) is 18.0 Å². The zero-order chi connectivity index (χ0) is 21.4. The van der Waals surface area contributed by atoms with Gasteiger partial charge in [0, 0.05) is 23.7 Å². The molecule has 0 aliphatic rings. The molecule has 0 radical (unpaired) electrons. The number of thioether (sulfide) groups is 1. The average Bonchev–Trinajstić information content (AvgIpc) is 2.66. The summed E-state index contributed by atoms with van der Waals surface area (Å²) in [5, 5.41) is 2.72. The van der Waals surface area contributed by atoms with Crippen molar-refractivity contribution in [2.75, 3.05) is 24.8 Å². The van der Waals surface area contributed by atoms with E-state index in [0.29, 0.717) is 16.1 Å². The zero-order valence-electron chi connectivity index (χ0n) is 16.0. The van der Waals surface area contributed by atoms with Gasteiger partial charge in [0.2, 0.25) is 15.9 Å². The first-order valence-electron chi connectivity index (χ1n) is 8.65. The van der Waals surface area contributed by atoms with E-state index in [1.807, 2.05) is 0 Å². The Morgan fingerprint density at radius 1 is 1.14 bits per heavy atom. The highest BCUT2D eigenvalue weighted by atomic mass is 32.2. The maximum absolute atomic E-state index is 12.6. The number of hydrogen-bond donors (Lipinski definition) is 3. The molecular formula is C19H23N3O5S2. The van der Waals surface area contributed by atoms with Crippen molar-refractivity contribution < 1.29 is 22.7 Å². The molecule has 2 aromatic carbocycles. The minimum atomic E-state index is -3.69. The minimum absolute atomic E-state index is 0.0609. The summed E-state index contributed by atoms with van der Waals surface area (Å²) in [7, 11) is -2.20. The third kappa shape index (κ3) is 6.86. The van der Waals surface area contributed by atoms with Crippen molar-refractivity contribution in [2.24, 2.45) is 5.73 Å². The van der Waals surface area contributed by atoms with Gasteiger partial charge in [0.05, 0.1) is 22.8 Å². The van der Waals surface area contributed by atoms with Crippen LogP contribution in [0, 0.1) is 0 Å². The molecule has 10 heteroatoms. The molecule has 2 amide bonds. The van der Waals surface area contributed by atoms with Crippen LogP contribution < -0.4 is 15.8 Å². The van der Waals surface area contributed by atoms with E-state index in [0.717, 1.165) is 0 Å². The largest absolute Gasteiger partial charge is 0.383 e. The number of rotatable bonds is 10. The fourth-order valence-electron chi connectivity index (χ4n) is 2.46. The third-order valence-corrected chi connectivity index (χ3v) is 6.40. The van der Waals surface area contributed by atoms with Crippen molar-refractivity contribution in [1.82, 2.24) is 4.72 Å². The fraction of sp³-hybridized carbons (Fsp3) is 0.263. The Hall–Kier alpha value is -2.40. The number of sulfonamides is 1. The predicted molar refractivity (Wildman–Crippen MR) is 112 cm³/mol. The number of nitrogens with two attached hydrogens (primary N) is 1. The van der Waals surface area contributed by atoms with E-state index in [1.165, 1.54) is 43.1 Å². The lowest BCUT2D eigenvalue weighted by Gasteiger charge is -2.14. The van der Waals surface area contributed by atoms with Gasteiger partial charge in [0.25, 0.3) is 5.91 Å². The molecule has 2 aromatic rings. The van der Waals surface area contributed by atoms with Gasteiger partial charge in [0.1, 0.15) is 0 Å². The lowest BCUT2D eigenvalue weighted by atomic mass is 10.2. The Balaban J connectivity index is 2.10. The van der Waals surface area contributed by atoms with E-state index in [2.05, 4.69) is 10.0 Å². The molecule has 0 saturated carbocycles. The number of carbonyl (C=O) groups excluding carboxylic acids is 2. The van der Waals surface area contributed by atoms with E-state index in [4.69, 9.17) is 10.5 Å². The van der Waals surface area contributed by atoms with Crippen LogP contribution in [0.2, 0.25) is 0 Å². The summed E-state index contributed by atoms with van der Waals surface area (Å²) in [6, 6.07) is 12.3. The summed E-state index contributed by atoms with van der Waals surface area (Å²) >= 11 is 1.18. The molecular weight excluding hydrogens is 414 g/mol. The number of ether oxygens (including phenoxy) is 1. The number of hydrogen-bond acceptors (Lipinski definition) is 6. The fourth-order valence-corrected chi connectivity index (χ4v) is 4.48. The number of anilines is 1. The summed E-state index contributed by atoms with van der Waals surface area (Å²) in [4.78, 5) is 24.3. The van der Waals surface area contributed by atoms with Gasteiger partial charge >= 0.3 is 0 Å². The molecule has 1 unspecified atom stereocenters. The molecule has 2 rings (SSSR count). The van der Waals surface area contributed by atoms with Crippen LogP contribution in [0.5, 0.6) is 0 Å². The smallest absolute Gasteiger partial charge is 0.256 e. The Kier molecular flexibility index (Phi) is 8.21. The lowest BCUT2D eigenvalue weighted by Crippen LogP contribution is -2.35. The van der Waals surface area contributed by atoms with Crippen molar-refractivity contribution in [3.8, 4) is 0 Å². The maximum atomic E-state index is 12.6. The number of benzene rings is 2. The lowest BCUT2D eigenvalue weighted by molar-refractivity contribution is -0.115. The second kappa shape index (κ2) is 10.4. The van der Waals surface area contributed by atoms with E-state index >= 15 is 0 Å². The molecule has 8 nitrogen and oxygen atoms in total. The molecule has 0 fully saturated rings. The number of amides is 2. The number of carbonyl (C=O) groups is 2. The van der Waals surface area contributed by atoms with Crippen LogP contribution >= 0.6 is 11.8 Å². The summed E-state index contributed by atoms with van der Waals surface area (Å²) in [6.07, 6.45) is 0. The second-order valence-corrected chi connectivity index (χ2v) is 8.94. The highest BCUT2D eigenvalue weighted by Crippen LogP contribution is 2.23. The molecule has 0 saturated heterocycles. The molecule has 29 heavy (non-hydrogen) atoms. The summed E-state index contributed by atoms with van der Waals surface area (Å²) < 4.78 is 32.1. The van der Waals surface area contributed by atoms with Crippen molar-refractivity contribution in [3.05, 3.63) is 54.1 Å². The first-order chi connectivity index (χ1) is 13.7. The summed E-state index contributed by atoms with van der Waals surface area (Å²) in [6.45, 7) is 1.95. The van der Waals surface area contributed by atoms with Gasteiger partial charge in [-0.3, -0.25) is 9.59 Å². The van der Waals surface area contributed by atoms with Crippen molar-refractivity contribution >= 4 is 39.3 Å². The monoisotopic (exact) mass is 437 g/mol. The first kappa shape index (κ1) is 22.9. The van der Waals surface area contributed by atoms with E-state index < -0.39 is 15.9 Å². The van der Waals surface area contributed by atoms with Gasteiger partial charge in [-0.05, 0) is 43.3 Å². The highest BCUT2D eigenvalue weighted by molar-refractivity contribution is 8.00. The number of methoxy groups -OCH3 is 1. The Bertz CT molecular complexity index is 962. The summed E-state index contributed by atoms with van der Waals surface area (Å²) in [5.41, 5.74) is 6.00. The molecule has 0 heterocycles. The quantitative estimate of drug-likeness (QED) is 0.487. The van der Waals surface area contributed by atoms with Gasteiger partial charge in [0.15, 0.2) is 0 Å². The van der Waals surface area contributed by atoms with Crippen molar-refractivity contribution in [1.29, 1.82) is 0 Å². The average molecular weight is 438 g/mol. The molecule has 0 aliphatic carbocycles. The number of primary amides is 1. The third-order valence-electron chi connectivity index (χ3n) is 3.70. The molecule has 0 spiro atoms. The molecule has 4 N–H and O–H groups in total. The second-order valence-electron chi connectivity index (χ2n) is 6.21. The molecule has 0 bridgehead atoms. The maximum Gasteiger partial charge on any atom is 0.256 e. The Morgan fingerprint density at radius 3 is 2.41 bits per heavy atom. The van der Waals surface area contributed by atoms with Crippen LogP contribution in [-0.2, 0) is 19.6 Å². The molecule has 0 aliphatic heterocycles. The Labute approximate surface area is 174 Å². The van der Waals surface area contributed by atoms with Gasteiger partial charge in [-0.15, -0.1) is 11.8 Å². The SMILES string of the molecule is COCC(C)NS(=O)(=O)c1ccc(NC(=O)c2ccccc2SCC(N)=O)cc1. The van der Waals surface area contributed by atoms with E-state index in [1.54, 1.807) is 31.2 Å². The number of nitrogens with one attached hydrogen (secondary N) is 2. The van der Waals surface area contributed by atoms with Gasteiger partial charge in [-0.25, -0.2) is 13.1 Å². The molecule has 0 aromatic heterocycles. The zero-order valence-corrected chi connectivity index (χ0v) is 17.7. The standard InChI is InChI=1S/C19H23N3O5S2/c1-13(11-27-2)22-29(25,26)15-9-7-14(8-10-15)21-19(24)16-5-3-4-6-17(16)28-12-18(20)23/h3-10,13,22H,11-12H2,1-2H3,(H2,20,23)(H,21,24). The summed E-state index contributed by atoms with van der Waals surface area (Å²) in [5.74, 6) is -0.791.